The van der Waals surface area contributed by atoms with Crippen molar-refractivity contribution in [3.05, 3.63) is 65.2 Å². The van der Waals surface area contributed by atoms with Crippen LogP contribution in [-0.4, -0.2) is 39.6 Å². The molecule has 1 amide bonds. The third-order valence-corrected chi connectivity index (χ3v) is 5.26. The number of carboxylic acids is 1. The number of amides is 1. The number of fused-ring (bicyclic) bond motifs is 1. The molecule has 0 aromatic heterocycles. The number of rotatable bonds is 3. The molecule has 0 bridgehead atoms. The Morgan fingerprint density at radius 2 is 1.81 bits per heavy atom. The number of hydrogen-bond acceptors (Lipinski definition) is 4. The maximum atomic E-state index is 12.8. The van der Waals surface area contributed by atoms with Gasteiger partial charge >= 0.3 is 5.97 Å². The summed E-state index contributed by atoms with van der Waals surface area (Å²) in [4.78, 5) is 28.0. The maximum absolute atomic E-state index is 12.8. The molecule has 0 aliphatic carbocycles. The number of carboxylic acid groups (broad SMARTS) is 1. The van der Waals surface area contributed by atoms with Crippen LogP contribution in [0.1, 0.15) is 29.2 Å². The molecule has 2 N–H and O–H groups in total. The molecule has 2 aliphatic heterocycles. The molecule has 4 rings (SSSR count). The predicted octanol–water partition coefficient (Wildman–Crippen LogP) is 1.93. The Morgan fingerprint density at radius 1 is 1.12 bits per heavy atom. The van der Waals surface area contributed by atoms with Crippen LogP contribution in [-0.2, 0) is 22.7 Å². The molecule has 0 radical (unpaired) electrons. The van der Waals surface area contributed by atoms with Crippen LogP contribution >= 0.6 is 0 Å². The summed E-state index contributed by atoms with van der Waals surface area (Å²) in [6.07, 6.45) is -0.176. The van der Waals surface area contributed by atoms with Gasteiger partial charge in [-0.25, -0.2) is 4.79 Å². The molecule has 1 fully saturated rings. The highest BCUT2D eigenvalue weighted by atomic mass is 16.4. The van der Waals surface area contributed by atoms with Crippen molar-refractivity contribution in [2.45, 2.75) is 31.2 Å². The van der Waals surface area contributed by atoms with E-state index in [1.807, 2.05) is 31.3 Å². The lowest BCUT2D eigenvalue weighted by molar-refractivity contribution is -0.162. The number of benzene rings is 2. The fourth-order valence-electron chi connectivity index (χ4n) is 3.92. The molecule has 134 valence electrons. The van der Waals surface area contributed by atoms with Crippen molar-refractivity contribution < 1.29 is 19.8 Å². The van der Waals surface area contributed by atoms with E-state index in [4.69, 9.17) is 0 Å². The van der Waals surface area contributed by atoms with Gasteiger partial charge in [-0.2, -0.15) is 0 Å². The normalized spacial score (nSPS) is 25.5. The van der Waals surface area contributed by atoms with Crippen LogP contribution in [0.4, 0.5) is 5.69 Å². The molecule has 1 saturated heterocycles. The second-order valence-corrected chi connectivity index (χ2v) is 7.10. The van der Waals surface area contributed by atoms with E-state index in [0.717, 1.165) is 18.7 Å². The van der Waals surface area contributed by atoms with E-state index in [-0.39, 0.29) is 6.42 Å². The minimum Gasteiger partial charge on any atom is -0.479 e. The summed E-state index contributed by atoms with van der Waals surface area (Å²) in [5.41, 5.74) is 1.43. The number of carbonyl (C=O) groups excluding carboxylic acids is 1. The predicted molar refractivity (Wildman–Crippen MR) is 95.5 cm³/mol. The van der Waals surface area contributed by atoms with Gasteiger partial charge in [-0.15, -0.1) is 0 Å². The molecule has 2 unspecified atom stereocenters. The van der Waals surface area contributed by atoms with Gasteiger partial charge in [0, 0.05) is 25.2 Å². The maximum Gasteiger partial charge on any atom is 0.345 e. The molecule has 0 spiro atoms. The molecule has 2 heterocycles. The quantitative estimate of drug-likeness (QED) is 0.825. The smallest absolute Gasteiger partial charge is 0.345 e. The van der Waals surface area contributed by atoms with Crippen LogP contribution < -0.4 is 4.90 Å². The number of para-hydroxylation sites is 1. The lowest BCUT2D eigenvalue weighted by Crippen LogP contribution is -2.46. The van der Waals surface area contributed by atoms with E-state index in [2.05, 4.69) is 4.90 Å². The average molecular weight is 352 g/mol. The Bertz CT molecular complexity index is 883. The van der Waals surface area contributed by atoms with Crippen molar-refractivity contribution in [1.82, 2.24) is 4.90 Å². The van der Waals surface area contributed by atoms with Gasteiger partial charge in [0.2, 0.25) is 5.60 Å². The number of carbonyl (C=O) groups is 2. The zero-order valence-corrected chi connectivity index (χ0v) is 14.4. The van der Waals surface area contributed by atoms with Gasteiger partial charge in [0.05, 0.1) is 6.04 Å². The lowest BCUT2D eigenvalue weighted by atomic mass is 9.94. The van der Waals surface area contributed by atoms with E-state index < -0.39 is 23.5 Å². The fourth-order valence-corrected chi connectivity index (χ4v) is 3.92. The molecule has 26 heavy (non-hydrogen) atoms. The van der Waals surface area contributed by atoms with Crippen molar-refractivity contribution >= 4 is 17.6 Å². The Balaban J connectivity index is 1.79. The van der Waals surface area contributed by atoms with Crippen molar-refractivity contribution in [1.29, 1.82) is 0 Å². The first-order valence-electron chi connectivity index (χ1n) is 8.55. The van der Waals surface area contributed by atoms with Gasteiger partial charge in [-0.1, -0.05) is 36.4 Å². The molecule has 2 aromatic rings. The first-order valence-corrected chi connectivity index (χ1v) is 8.55. The summed E-state index contributed by atoms with van der Waals surface area (Å²) in [5, 5.41) is 20.0. The van der Waals surface area contributed by atoms with Gasteiger partial charge < -0.3 is 15.1 Å². The van der Waals surface area contributed by atoms with Crippen molar-refractivity contribution in [3.63, 3.8) is 0 Å². The lowest BCUT2D eigenvalue weighted by Gasteiger charge is -2.25. The number of anilines is 1. The molecule has 2 aromatic carbocycles. The second kappa shape index (κ2) is 5.93. The van der Waals surface area contributed by atoms with Gasteiger partial charge in [-0.3, -0.25) is 9.69 Å². The summed E-state index contributed by atoms with van der Waals surface area (Å²) < 4.78 is 0. The van der Waals surface area contributed by atoms with Crippen LogP contribution in [0.2, 0.25) is 0 Å². The molecule has 6 nitrogen and oxygen atoms in total. The molecule has 2 atom stereocenters. The number of hydrogen-bond donors (Lipinski definition) is 2. The molecule has 0 saturated carbocycles. The first-order chi connectivity index (χ1) is 12.4. The van der Waals surface area contributed by atoms with Crippen molar-refractivity contribution in [2.24, 2.45) is 0 Å². The highest BCUT2D eigenvalue weighted by Crippen LogP contribution is 2.43. The van der Waals surface area contributed by atoms with Crippen LogP contribution in [0.3, 0.4) is 0 Å². The van der Waals surface area contributed by atoms with Gasteiger partial charge in [0.1, 0.15) is 0 Å². The number of nitrogens with zero attached hydrogens (tertiary/aromatic N) is 2. The van der Waals surface area contributed by atoms with Crippen LogP contribution in [0.15, 0.2) is 48.5 Å². The minimum absolute atomic E-state index is 0.176. The average Bonchev–Trinajstić information content (AvgIpc) is 3.12. The van der Waals surface area contributed by atoms with Gasteiger partial charge in [0.15, 0.2) is 0 Å². The summed E-state index contributed by atoms with van der Waals surface area (Å²) >= 11 is 0. The van der Waals surface area contributed by atoms with Gasteiger partial charge in [0.25, 0.3) is 5.91 Å². The Labute approximate surface area is 151 Å². The third-order valence-electron chi connectivity index (χ3n) is 5.26. The van der Waals surface area contributed by atoms with Crippen molar-refractivity contribution in [3.8, 4) is 0 Å². The topological polar surface area (TPSA) is 81.1 Å². The third kappa shape index (κ3) is 2.50. The van der Waals surface area contributed by atoms with E-state index in [1.165, 1.54) is 16.0 Å². The van der Waals surface area contributed by atoms with E-state index in [1.54, 1.807) is 24.3 Å². The zero-order chi connectivity index (χ0) is 18.5. The number of aliphatic hydroxyl groups is 1. The summed E-state index contributed by atoms with van der Waals surface area (Å²) in [7, 11) is 2.04. The standard InChI is InChI=1S/C20H20N2O4/c1-21-11-14-8-7-13(9-15(14)12-21)17-10-20(26,19(24)25)18(23)22(17)16-5-3-2-4-6-16/h2-9,17,26H,10-12H2,1H3,(H,24,25). The number of aliphatic carboxylic acids is 1. The van der Waals surface area contributed by atoms with E-state index in [9.17, 15) is 19.8 Å². The SMILES string of the molecule is CN1Cc2ccc(C3CC(O)(C(=O)O)C(=O)N3c3ccccc3)cc2C1. The highest BCUT2D eigenvalue weighted by Gasteiger charge is 2.57. The summed E-state index contributed by atoms with van der Waals surface area (Å²) in [5.74, 6) is -2.30. The highest BCUT2D eigenvalue weighted by molar-refractivity contribution is 6.15. The fraction of sp³-hybridized carbons (Fsp3) is 0.300. The second-order valence-electron chi connectivity index (χ2n) is 7.10. The van der Waals surface area contributed by atoms with Crippen LogP contribution in [0.25, 0.3) is 0 Å². The zero-order valence-electron chi connectivity index (χ0n) is 14.4. The first kappa shape index (κ1) is 16.8. The largest absolute Gasteiger partial charge is 0.479 e. The minimum atomic E-state index is -2.41. The molecule has 2 aliphatic rings. The van der Waals surface area contributed by atoms with E-state index in [0.29, 0.717) is 5.69 Å². The van der Waals surface area contributed by atoms with Crippen LogP contribution in [0.5, 0.6) is 0 Å². The summed E-state index contributed by atoms with van der Waals surface area (Å²) in [6, 6.07) is 14.4. The Kier molecular flexibility index (Phi) is 3.82. The van der Waals surface area contributed by atoms with E-state index >= 15 is 0 Å². The summed E-state index contributed by atoms with van der Waals surface area (Å²) in [6.45, 7) is 1.69. The van der Waals surface area contributed by atoms with Crippen molar-refractivity contribution in [2.75, 3.05) is 11.9 Å². The van der Waals surface area contributed by atoms with Crippen LogP contribution in [0, 0.1) is 0 Å². The van der Waals surface area contributed by atoms with Gasteiger partial charge in [-0.05, 0) is 35.9 Å². The monoisotopic (exact) mass is 352 g/mol. The molecule has 6 heteroatoms. The Hall–Kier alpha value is -2.70. The molecular formula is C20H20N2O4. The Morgan fingerprint density at radius 3 is 2.50 bits per heavy atom. The molecular weight excluding hydrogens is 332 g/mol.